The van der Waals surface area contributed by atoms with Crippen LogP contribution in [0.2, 0.25) is 0 Å². The normalized spacial score (nSPS) is 11.0. The fraction of sp³-hybridized carbons (Fsp3) is 0.947. The van der Waals surface area contributed by atoms with Crippen LogP contribution in [0.15, 0.2) is 0 Å². The highest BCUT2D eigenvalue weighted by Gasteiger charge is 1.97. The average molecular weight is 377 g/mol. The monoisotopic (exact) mass is 376 g/mol. The molecule has 0 aromatic heterocycles. The van der Waals surface area contributed by atoms with Gasteiger partial charge in [0, 0.05) is 11.8 Å². The van der Waals surface area contributed by atoms with Crippen LogP contribution in [0.25, 0.3) is 0 Å². The Morgan fingerprint density at radius 3 is 1.09 bits per heavy atom. The second-order valence-electron chi connectivity index (χ2n) is 6.49. The molecule has 0 spiro atoms. The molecule has 0 heterocycles. The number of rotatable bonds is 18. The zero-order valence-electron chi connectivity index (χ0n) is 14.5. The predicted molar refractivity (Wildman–Crippen MR) is 99.9 cm³/mol. The van der Waals surface area contributed by atoms with E-state index in [0.717, 1.165) is 18.2 Å². The van der Waals surface area contributed by atoms with Crippen molar-refractivity contribution in [2.75, 3.05) is 5.33 Å². The van der Waals surface area contributed by atoms with Gasteiger partial charge in [-0.3, -0.25) is 4.79 Å². The Morgan fingerprint density at radius 2 is 0.818 bits per heavy atom. The number of alkyl halides is 1. The van der Waals surface area contributed by atoms with Crippen molar-refractivity contribution in [1.82, 2.24) is 0 Å². The maximum atomic E-state index is 10.4. The fourth-order valence-corrected chi connectivity index (χ4v) is 3.24. The van der Waals surface area contributed by atoms with Crippen molar-refractivity contribution in [1.29, 1.82) is 0 Å². The molecular formula is C19H37BrO2. The summed E-state index contributed by atoms with van der Waals surface area (Å²) in [7, 11) is 0. The minimum absolute atomic E-state index is 0.344. The van der Waals surface area contributed by atoms with Crippen molar-refractivity contribution in [3.63, 3.8) is 0 Å². The average Bonchev–Trinajstić information content (AvgIpc) is 2.50. The van der Waals surface area contributed by atoms with Crippen molar-refractivity contribution in [2.24, 2.45) is 0 Å². The number of aliphatic carboxylic acids is 1. The highest BCUT2D eigenvalue weighted by Crippen LogP contribution is 2.14. The summed E-state index contributed by atoms with van der Waals surface area (Å²) in [5.41, 5.74) is 0. The highest BCUT2D eigenvalue weighted by molar-refractivity contribution is 9.09. The number of carboxylic acid groups (broad SMARTS) is 1. The molecule has 0 saturated carbocycles. The SMILES string of the molecule is O=C(O)CCCCCCCCCCCCCCCCCCBr. The van der Waals surface area contributed by atoms with E-state index in [9.17, 15) is 4.79 Å². The molecule has 2 nitrogen and oxygen atoms in total. The Labute approximate surface area is 146 Å². The zero-order chi connectivity index (χ0) is 16.3. The van der Waals surface area contributed by atoms with Crippen LogP contribution in [0.3, 0.4) is 0 Å². The third-order valence-electron chi connectivity index (χ3n) is 4.27. The number of carboxylic acids is 1. The molecule has 0 rings (SSSR count). The van der Waals surface area contributed by atoms with Crippen LogP contribution in [0, 0.1) is 0 Å². The fourth-order valence-electron chi connectivity index (χ4n) is 2.85. The third kappa shape index (κ3) is 19.9. The number of hydrogen-bond donors (Lipinski definition) is 1. The van der Waals surface area contributed by atoms with Crippen molar-refractivity contribution in [2.45, 2.75) is 109 Å². The summed E-state index contributed by atoms with van der Waals surface area (Å²) in [6.07, 6.45) is 21.5. The highest BCUT2D eigenvalue weighted by atomic mass is 79.9. The second-order valence-corrected chi connectivity index (χ2v) is 7.28. The lowest BCUT2D eigenvalue weighted by Crippen LogP contribution is -1.93. The predicted octanol–water partition coefficient (Wildman–Crippen LogP) is 7.10. The van der Waals surface area contributed by atoms with Gasteiger partial charge in [0.25, 0.3) is 0 Å². The van der Waals surface area contributed by atoms with E-state index in [0.29, 0.717) is 6.42 Å². The lowest BCUT2D eigenvalue weighted by molar-refractivity contribution is -0.137. The van der Waals surface area contributed by atoms with Crippen LogP contribution in [-0.2, 0) is 4.79 Å². The van der Waals surface area contributed by atoms with E-state index in [2.05, 4.69) is 15.9 Å². The molecule has 0 bridgehead atoms. The number of unbranched alkanes of at least 4 members (excludes halogenated alkanes) is 15. The Kier molecular flexibility index (Phi) is 19.0. The molecule has 22 heavy (non-hydrogen) atoms. The summed E-state index contributed by atoms with van der Waals surface area (Å²) in [4.78, 5) is 10.4. The lowest BCUT2D eigenvalue weighted by atomic mass is 10.0. The van der Waals surface area contributed by atoms with Gasteiger partial charge in [0.15, 0.2) is 0 Å². The van der Waals surface area contributed by atoms with Crippen molar-refractivity contribution >= 4 is 21.9 Å². The van der Waals surface area contributed by atoms with Crippen LogP contribution in [0.4, 0.5) is 0 Å². The molecule has 0 atom stereocenters. The molecule has 0 aromatic carbocycles. The standard InChI is InChI=1S/C19H37BrO2/c20-18-16-14-12-10-8-6-4-2-1-3-5-7-9-11-13-15-17-19(21)22/h1-18H2,(H,21,22). The first-order valence-corrected chi connectivity index (χ1v) is 10.7. The van der Waals surface area contributed by atoms with E-state index in [-0.39, 0.29) is 0 Å². The van der Waals surface area contributed by atoms with Crippen molar-refractivity contribution in [3.8, 4) is 0 Å². The molecule has 1 N–H and O–H groups in total. The van der Waals surface area contributed by atoms with Gasteiger partial charge >= 0.3 is 5.97 Å². The van der Waals surface area contributed by atoms with E-state index < -0.39 is 5.97 Å². The van der Waals surface area contributed by atoms with Crippen LogP contribution >= 0.6 is 15.9 Å². The first-order valence-electron chi connectivity index (χ1n) is 9.55. The van der Waals surface area contributed by atoms with Gasteiger partial charge in [-0.15, -0.1) is 0 Å². The van der Waals surface area contributed by atoms with Crippen LogP contribution in [0.5, 0.6) is 0 Å². The molecule has 0 fully saturated rings. The van der Waals surface area contributed by atoms with Gasteiger partial charge in [-0.2, -0.15) is 0 Å². The van der Waals surface area contributed by atoms with Crippen LogP contribution in [0.1, 0.15) is 109 Å². The lowest BCUT2D eigenvalue weighted by Gasteiger charge is -2.03. The van der Waals surface area contributed by atoms with E-state index in [1.165, 1.54) is 89.9 Å². The number of halogens is 1. The Balaban J connectivity index is 2.95. The van der Waals surface area contributed by atoms with Gasteiger partial charge in [0.1, 0.15) is 0 Å². The molecule has 0 aliphatic carbocycles. The first-order chi connectivity index (χ1) is 10.8. The van der Waals surface area contributed by atoms with E-state index in [1.807, 2.05) is 0 Å². The number of carbonyl (C=O) groups is 1. The van der Waals surface area contributed by atoms with E-state index in [1.54, 1.807) is 0 Å². The minimum Gasteiger partial charge on any atom is -0.481 e. The second kappa shape index (κ2) is 19.0. The Bertz CT molecular complexity index is 231. The Morgan fingerprint density at radius 1 is 0.545 bits per heavy atom. The summed E-state index contributed by atoms with van der Waals surface area (Å²) in [5, 5.41) is 9.70. The first kappa shape index (κ1) is 21.9. The summed E-state index contributed by atoms with van der Waals surface area (Å²) in [5.74, 6) is -0.654. The minimum atomic E-state index is -0.654. The van der Waals surface area contributed by atoms with Gasteiger partial charge < -0.3 is 5.11 Å². The molecule has 0 saturated heterocycles. The quantitative estimate of drug-likeness (QED) is 0.204. The molecule has 0 amide bonds. The summed E-state index contributed by atoms with van der Waals surface area (Å²) in [6, 6.07) is 0. The molecule has 0 aromatic rings. The summed E-state index contributed by atoms with van der Waals surface area (Å²) >= 11 is 3.48. The molecule has 3 heteroatoms. The van der Waals surface area contributed by atoms with Gasteiger partial charge in [-0.05, 0) is 12.8 Å². The van der Waals surface area contributed by atoms with E-state index >= 15 is 0 Å². The van der Waals surface area contributed by atoms with Crippen LogP contribution in [-0.4, -0.2) is 16.4 Å². The topological polar surface area (TPSA) is 37.3 Å². The van der Waals surface area contributed by atoms with Gasteiger partial charge in [0.05, 0.1) is 0 Å². The van der Waals surface area contributed by atoms with E-state index in [4.69, 9.17) is 5.11 Å². The molecule has 0 aliphatic heterocycles. The zero-order valence-corrected chi connectivity index (χ0v) is 16.0. The maximum absolute atomic E-state index is 10.4. The summed E-state index contributed by atoms with van der Waals surface area (Å²) in [6.45, 7) is 0. The van der Waals surface area contributed by atoms with Crippen LogP contribution < -0.4 is 0 Å². The summed E-state index contributed by atoms with van der Waals surface area (Å²) < 4.78 is 0. The molecule has 0 aliphatic rings. The van der Waals surface area contributed by atoms with Gasteiger partial charge in [-0.25, -0.2) is 0 Å². The maximum Gasteiger partial charge on any atom is 0.303 e. The molecular weight excluding hydrogens is 340 g/mol. The number of hydrogen-bond acceptors (Lipinski definition) is 1. The smallest absolute Gasteiger partial charge is 0.303 e. The van der Waals surface area contributed by atoms with Gasteiger partial charge in [-0.1, -0.05) is 106 Å². The molecule has 132 valence electrons. The third-order valence-corrected chi connectivity index (χ3v) is 4.84. The van der Waals surface area contributed by atoms with Crippen molar-refractivity contribution < 1.29 is 9.90 Å². The molecule has 0 radical (unpaired) electrons. The largest absolute Gasteiger partial charge is 0.481 e. The van der Waals surface area contributed by atoms with Gasteiger partial charge in [0.2, 0.25) is 0 Å². The molecule has 0 unspecified atom stereocenters. The van der Waals surface area contributed by atoms with Crippen molar-refractivity contribution in [3.05, 3.63) is 0 Å². The Hall–Kier alpha value is -0.0500.